The highest BCUT2D eigenvalue weighted by atomic mass is 32.2. The van der Waals surface area contributed by atoms with Crippen LogP contribution in [0.3, 0.4) is 0 Å². The van der Waals surface area contributed by atoms with Crippen molar-refractivity contribution < 1.29 is 17.9 Å². The van der Waals surface area contributed by atoms with E-state index in [1.807, 2.05) is 19.1 Å². The molecule has 0 spiro atoms. The van der Waals surface area contributed by atoms with Gasteiger partial charge in [-0.15, -0.1) is 0 Å². The number of hydrogen-bond donors (Lipinski definition) is 1. The van der Waals surface area contributed by atoms with Gasteiger partial charge in [0.15, 0.2) is 0 Å². The fourth-order valence-corrected chi connectivity index (χ4v) is 4.41. The van der Waals surface area contributed by atoms with Gasteiger partial charge in [0.25, 0.3) is 5.91 Å². The Balaban J connectivity index is 2.18. The van der Waals surface area contributed by atoms with Gasteiger partial charge < -0.3 is 10.1 Å². The second-order valence-electron chi connectivity index (χ2n) is 6.75. The molecule has 0 aliphatic rings. The minimum Gasteiger partial charge on any atom is -0.494 e. The molecule has 0 aliphatic heterocycles. The van der Waals surface area contributed by atoms with Gasteiger partial charge in [-0.05, 0) is 55.3 Å². The monoisotopic (exact) mass is 418 g/mol. The maximum Gasteiger partial charge on any atom is 0.255 e. The van der Waals surface area contributed by atoms with Gasteiger partial charge in [-0.3, -0.25) is 4.79 Å². The van der Waals surface area contributed by atoms with Crippen LogP contribution in [0.15, 0.2) is 47.4 Å². The van der Waals surface area contributed by atoms with Gasteiger partial charge in [0.2, 0.25) is 10.0 Å². The van der Waals surface area contributed by atoms with E-state index in [4.69, 9.17) is 4.74 Å². The summed E-state index contributed by atoms with van der Waals surface area (Å²) in [4.78, 5) is 12.8. The van der Waals surface area contributed by atoms with E-state index in [0.29, 0.717) is 30.9 Å². The predicted octanol–water partition coefficient (Wildman–Crippen LogP) is 4.46. The van der Waals surface area contributed by atoms with Crippen molar-refractivity contribution in [2.24, 2.45) is 0 Å². The van der Waals surface area contributed by atoms with Crippen LogP contribution in [0.1, 0.15) is 49.5 Å². The lowest BCUT2D eigenvalue weighted by atomic mass is 10.1. The molecule has 2 rings (SSSR count). The van der Waals surface area contributed by atoms with Crippen molar-refractivity contribution in [3.05, 3.63) is 53.6 Å². The number of anilines is 1. The summed E-state index contributed by atoms with van der Waals surface area (Å²) in [5, 5.41) is 2.85. The van der Waals surface area contributed by atoms with E-state index in [2.05, 4.69) is 12.2 Å². The number of carbonyl (C=O) groups excluding carboxylic acids is 1. The molecule has 158 valence electrons. The third kappa shape index (κ3) is 5.81. The number of nitrogens with zero attached hydrogens (tertiary/aromatic N) is 1. The highest BCUT2D eigenvalue weighted by Gasteiger charge is 2.22. The lowest BCUT2D eigenvalue weighted by Crippen LogP contribution is -2.30. The van der Waals surface area contributed by atoms with Crippen LogP contribution in [0.25, 0.3) is 0 Å². The summed E-state index contributed by atoms with van der Waals surface area (Å²) in [6, 6.07) is 11.6. The Kier molecular flexibility index (Phi) is 8.22. The quantitative estimate of drug-likeness (QED) is 0.578. The molecule has 0 saturated carbocycles. The van der Waals surface area contributed by atoms with E-state index in [9.17, 15) is 13.2 Å². The summed E-state index contributed by atoms with van der Waals surface area (Å²) in [5.41, 5.74) is 1.83. The Labute approximate surface area is 173 Å². The number of ether oxygens (including phenoxy) is 1. The van der Waals surface area contributed by atoms with Gasteiger partial charge >= 0.3 is 0 Å². The van der Waals surface area contributed by atoms with Gasteiger partial charge in [-0.1, -0.05) is 33.3 Å². The second-order valence-corrected chi connectivity index (χ2v) is 8.69. The Morgan fingerprint density at radius 2 is 1.79 bits per heavy atom. The zero-order chi connectivity index (χ0) is 21.4. The lowest BCUT2D eigenvalue weighted by Gasteiger charge is -2.18. The van der Waals surface area contributed by atoms with Crippen molar-refractivity contribution in [3.63, 3.8) is 0 Å². The summed E-state index contributed by atoms with van der Waals surface area (Å²) in [6.07, 6.45) is 2.06. The van der Waals surface area contributed by atoms with Crippen LogP contribution in [-0.4, -0.2) is 38.3 Å². The molecule has 2 aromatic carbocycles. The minimum atomic E-state index is -3.62. The molecule has 0 unspecified atom stereocenters. The van der Waals surface area contributed by atoms with Crippen LogP contribution in [0.2, 0.25) is 0 Å². The van der Waals surface area contributed by atoms with Gasteiger partial charge in [0, 0.05) is 24.3 Å². The normalized spacial score (nSPS) is 11.5. The van der Waals surface area contributed by atoms with Crippen molar-refractivity contribution in [2.75, 3.05) is 25.0 Å². The van der Waals surface area contributed by atoms with Crippen LogP contribution in [0.5, 0.6) is 5.75 Å². The summed E-state index contributed by atoms with van der Waals surface area (Å²) < 4.78 is 32.5. The van der Waals surface area contributed by atoms with Crippen LogP contribution in [-0.2, 0) is 10.0 Å². The number of benzene rings is 2. The zero-order valence-corrected chi connectivity index (χ0v) is 18.4. The van der Waals surface area contributed by atoms with Crippen LogP contribution in [0.4, 0.5) is 5.69 Å². The van der Waals surface area contributed by atoms with Gasteiger partial charge in [-0.25, -0.2) is 8.42 Å². The molecule has 0 fully saturated rings. The summed E-state index contributed by atoms with van der Waals surface area (Å²) in [6.45, 7) is 8.99. The number of unbranched alkanes of at least 4 members (excludes halogenated alkanes) is 1. The summed E-state index contributed by atoms with van der Waals surface area (Å²) in [7, 11) is -3.62. The maximum absolute atomic E-state index is 12.7. The fraction of sp³-hybridized carbons (Fsp3) is 0.409. The molecule has 2 aromatic rings. The number of nitrogens with one attached hydrogen (secondary N) is 1. The Bertz CT molecular complexity index is 938. The number of amides is 1. The molecule has 6 nitrogen and oxygen atoms in total. The first-order valence-electron chi connectivity index (χ1n) is 9.98. The van der Waals surface area contributed by atoms with Crippen molar-refractivity contribution in [2.45, 2.75) is 45.4 Å². The van der Waals surface area contributed by atoms with E-state index in [0.717, 1.165) is 24.2 Å². The first kappa shape index (κ1) is 22.9. The first-order valence-corrected chi connectivity index (χ1v) is 11.4. The molecule has 0 aliphatic carbocycles. The molecule has 0 saturated heterocycles. The Morgan fingerprint density at radius 1 is 1.07 bits per heavy atom. The minimum absolute atomic E-state index is 0.116. The van der Waals surface area contributed by atoms with Gasteiger partial charge in [0.1, 0.15) is 5.75 Å². The molecule has 0 radical (unpaired) electrons. The molecule has 0 heterocycles. The van der Waals surface area contributed by atoms with Crippen molar-refractivity contribution in [1.82, 2.24) is 4.31 Å². The standard InChI is InChI=1S/C22H30N2O4S/c1-5-8-14-28-19-12-13-21(17(4)15-19)23-22(25)18-10-9-11-20(16-18)29(26,27)24(6-2)7-3/h9-13,15-16H,5-8,14H2,1-4H3,(H,23,25). The largest absolute Gasteiger partial charge is 0.494 e. The highest BCUT2D eigenvalue weighted by molar-refractivity contribution is 7.89. The number of sulfonamides is 1. The lowest BCUT2D eigenvalue weighted by molar-refractivity contribution is 0.102. The first-order chi connectivity index (χ1) is 13.8. The topological polar surface area (TPSA) is 75.7 Å². The molecule has 7 heteroatoms. The highest BCUT2D eigenvalue weighted by Crippen LogP contribution is 2.23. The SMILES string of the molecule is CCCCOc1ccc(NC(=O)c2cccc(S(=O)(=O)N(CC)CC)c2)c(C)c1. The third-order valence-corrected chi connectivity index (χ3v) is 6.70. The van der Waals surface area contributed by atoms with Crippen molar-refractivity contribution in [1.29, 1.82) is 0 Å². The molecule has 1 N–H and O–H groups in total. The molecular formula is C22H30N2O4S. The van der Waals surface area contributed by atoms with Gasteiger partial charge in [0.05, 0.1) is 11.5 Å². The smallest absolute Gasteiger partial charge is 0.255 e. The van der Waals surface area contributed by atoms with Crippen LogP contribution in [0, 0.1) is 6.92 Å². The maximum atomic E-state index is 12.7. The van der Waals surface area contributed by atoms with E-state index in [1.54, 1.807) is 32.0 Å². The number of aryl methyl sites for hydroxylation is 1. The molecule has 0 bridgehead atoms. The molecule has 1 amide bonds. The molecule has 29 heavy (non-hydrogen) atoms. The Hall–Kier alpha value is -2.38. The van der Waals surface area contributed by atoms with E-state index in [-0.39, 0.29) is 10.8 Å². The molecule has 0 atom stereocenters. The average molecular weight is 419 g/mol. The zero-order valence-electron chi connectivity index (χ0n) is 17.6. The van der Waals surface area contributed by atoms with Crippen LogP contribution >= 0.6 is 0 Å². The fourth-order valence-electron chi connectivity index (χ4n) is 2.91. The van der Waals surface area contributed by atoms with Crippen molar-refractivity contribution >= 4 is 21.6 Å². The Morgan fingerprint density at radius 3 is 2.41 bits per heavy atom. The number of rotatable bonds is 10. The average Bonchev–Trinajstić information content (AvgIpc) is 2.71. The molecular weight excluding hydrogens is 388 g/mol. The van der Waals surface area contributed by atoms with E-state index < -0.39 is 10.0 Å². The van der Waals surface area contributed by atoms with Crippen molar-refractivity contribution in [3.8, 4) is 5.75 Å². The summed E-state index contributed by atoms with van der Waals surface area (Å²) in [5.74, 6) is 0.408. The van der Waals surface area contributed by atoms with E-state index >= 15 is 0 Å². The number of hydrogen-bond acceptors (Lipinski definition) is 4. The second kappa shape index (κ2) is 10.4. The third-order valence-electron chi connectivity index (χ3n) is 4.65. The van der Waals surface area contributed by atoms with Crippen LogP contribution < -0.4 is 10.1 Å². The van der Waals surface area contributed by atoms with E-state index in [1.165, 1.54) is 16.4 Å². The predicted molar refractivity (Wildman–Crippen MR) is 116 cm³/mol. The molecule has 0 aromatic heterocycles. The summed E-state index contributed by atoms with van der Waals surface area (Å²) >= 11 is 0. The van der Waals surface area contributed by atoms with Gasteiger partial charge in [-0.2, -0.15) is 4.31 Å². The number of carbonyl (C=O) groups is 1.